The number of hydrogen-bond donors (Lipinski definition) is 0. The monoisotopic (exact) mass is 280 g/mol. The minimum atomic E-state index is -5.46. The summed E-state index contributed by atoms with van der Waals surface area (Å²) in [6, 6.07) is 1.08. The Balaban J connectivity index is 3.46. The van der Waals surface area contributed by atoms with E-state index in [0.717, 1.165) is 0 Å². The van der Waals surface area contributed by atoms with Crippen LogP contribution in [0, 0.1) is 0 Å². The number of rotatable bonds is 2. The largest absolute Gasteiger partial charge is 0.434 e. The molecule has 0 saturated heterocycles. The summed E-state index contributed by atoms with van der Waals surface area (Å²) in [6.45, 7) is -3.66. The molecule has 0 saturated carbocycles. The molecule has 1 nitrogen and oxygen atoms in total. The Morgan fingerprint density at radius 3 is 1.83 bits per heavy atom. The van der Waals surface area contributed by atoms with Gasteiger partial charge in [0.2, 0.25) is 0 Å². The first-order chi connectivity index (χ1) is 8.03. The lowest BCUT2D eigenvalue weighted by Gasteiger charge is -2.18. The van der Waals surface area contributed by atoms with Crippen LogP contribution >= 0.6 is 0 Å². The van der Waals surface area contributed by atoms with Crippen LogP contribution in [0.3, 0.4) is 0 Å². The molecule has 0 aliphatic carbocycles. The van der Waals surface area contributed by atoms with E-state index in [2.05, 4.69) is 4.74 Å². The van der Waals surface area contributed by atoms with Gasteiger partial charge < -0.3 is 4.74 Å². The van der Waals surface area contributed by atoms with Crippen molar-refractivity contribution < 1.29 is 39.9 Å². The Morgan fingerprint density at radius 1 is 0.889 bits per heavy atom. The maximum Gasteiger partial charge on any atom is 0.420 e. The third-order valence-electron chi connectivity index (χ3n) is 1.83. The zero-order valence-electron chi connectivity index (χ0n) is 8.24. The van der Waals surface area contributed by atoms with Gasteiger partial charge in [0.1, 0.15) is 11.3 Å². The van der Waals surface area contributed by atoms with Crippen LogP contribution in [-0.4, -0.2) is 6.61 Å². The number of hydrogen-bond acceptors (Lipinski definition) is 1. The van der Waals surface area contributed by atoms with Gasteiger partial charge in [-0.05, 0) is 12.1 Å². The van der Waals surface area contributed by atoms with Gasteiger partial charge in [-0.3, -0.25) is 0 Å². The molecule has 102 valence electrons. The topological polar surface area (TPSA) is 9.23 Å². The van der Waals surface area contributed by atoms with Crippen molar-refractivity contribution in [3.05, 3.63) is 29.3 Å². The highest BCUT2D eigenvalue weighted by Crippen LogP contribution is 2.45. The van der Waals surface area contributed by atoms with Crippen LogP contribution in [0.2, 0.25) is 0 Å². The van der Waals surface area contributed by atoms with Gasteiger partial charge in [0, 0.05) is 0 Å². The molecule has 0 bridgehead atoms. The highest BCUT2D eigenvalue weighted by Gasteiger charge is 2.45. The van der Waals surface area contributed by atoms with Gasteiger partial charge in [0.15, 0.2) is 0 Å². The average molecular weight is 280 g/mol. The second kappa shape index (κ2) is 4.62. The van der Waals surface area contributed by atoms with Crippen molar-refractivity contribution in [1.29, 1.82) is 0 Å². The molecule has 0 atom stereocenters. The normalized spacial score (nSPS) is 12.9. The summed E-state index contributed by atoms with van der Waals surface area (Å²) in [7, 11) is 0. The average Bonchev–Trinajstić information content (AvgIpc) is 2.13. The SMILES string of the molecule is FC(F)Oc1cccc(C(F)(F)F)c1C(F)(F)F. The lowest BCUT2D eigenvalue weighted by Crippen LogP contribution is -2.19. The van der Waals surface area contributed by atoms with Crippen molar-refractivity contribution in [3.63, 3.8) is 0 Å². The van der Waals surface area contributed by atoms with Crippen molar-refractivity contribution in [2.45, 2.75) is 19.0 Å². The number of alkyl halides is 8. The quantitative estimate of drug-likeness (QED) is 0.733. The van der Waals surface area contributed by atoms with E-state index >= 15 is 0 Å². The second-order valence-electron chi connectivity index (χ2n) is 3.05. The van der Waals surface area contributed by atoms with E-state index in [9.17, 15) is 35.1 Å². The third kappa shape index (κ3) is 3.23. The van der Waals surface area contributed by atoms with E-state index < -0.39 is 35.8 Å². The van der Waals surface area contributed by atoms with E-state index in [1.54, 1.807) is 0 Å². The zero-order chi connectivity index (χ0) is 14.1. The Labute approximate surface area is 95.0 Å². The predicted molar refractivity (Wildman–Crippen MR) is 43.1 cm³/mol. The maximum absolute atomic E-state index is 12.5. The fourth-order valence-electron chi connectivity index (χ4n) is 1.25. The first kappa shape index (κ1) is 14.5. The molecule has 1 rings (SSSR count). The van der Waals surface area contributed by atoms with E-state index in [0.29, 0.717) is 12.1 Å². The minimum Gasteiger partial charge on any atom is -0.434 e. The van der Waals surface area contributed by atoms with E-state index in [-0.39, 0.29) is 6.07 Å². The minimum absolute atomic E-state index is 0.140. The lowest BCUT2D eigenvalue weighted by atomic mass is 10.1. The summed E-state index contributed by atoms with van der Waals surface area (Å²) in [5.74, 6) is -1.56. The molecule has 0 fully saturated rings. The van der Waals surface area contributed by atoms with Crippen LogP contribution in [0.4, 0.5) is 35.1 Å². The van der Waals surface area contributed by atoms with Crippen LogP contribution in [0.5, 0.6) is 5.75 Å². The summed E-state index contributed by atoms with van der Waals surface area (Å²) in [6.07, 6.45) is -10.8. The van der Waals surface area contributed by atoms with Gasteiger partial charge in [-0.25, -0.2) is 0 Å². The van der Waals surface area contributed by atoms with E-state index in [1.807, 2.05) is 0 Å². The summed E-state index contributed by atoms with van der Waals surface area (Å²) in [4.78, 5) is 0. The molecule has 0 aliphatic rings. The van der Waals surface area contributed by atoms with Crippen LogP contribution in [0.15, 0.2) is 18.2 Å². The number of ether oxygens (including phenoxy) is 1. The maximum atomic E-state index is 12.5. The molecule has 1 aromatic carbocycles. The van der Waals surface area contributed by atoms with Gasteiger partial charge >= 0.3 is 19.0 Å². The predicted octanol–water partition coefficient (Wildman–Crippen LogP) is 4.33. The zero-order valence-corrected chi connectivity index (χ0v) is 8.24. The molecule has 0 unspecified atom stereocenters. The van der Waals surface area contributed by atoms with Crippen molar-refractivity contribution in [1.82, 2.24) is 0 Å². The molecule has 0 N–H and O–H groups in total. The van der Waals surface area contributed by atoms with Crippen molar-refractivity contribution in [2.24, 2.45) is 0 Å². The van der Waals surface area contributed by atoms with Gasteiger partial charge in [-0.15, -0.1) is 0 Å². The highest BCUT2D eigenvalue weighted by molar-refractivity contribution is 5.44. The Bertz CT molecular complexity index is 420. The number of halogens is 8. The summed E-state index contributed by atoms with van der Waals surface area (Å²) in [5.41, 5.74) is -4.34. The Morgan fingerprint density at radius 2 is 1.44 bits per heavy atom. The van der Waals surface area contributed by atoms with Crippen LogP contribution < -0.4 is 4.74 Å². The number of benzene rings is 1. The smallest absolute Gasteiger partial charge is 0.420 e. The second-order valence-corrected chi connectivity index (χ2v) is 3.05. The standard InChI is InChI=1S/C9H4F8O/c10-7(11)18-5-3-1-2-4(8(12,13)14)6(5)9(15,16)17/h1-3,7H. The molecule has 0 radical (unpaired) electrons. The molecule has 9 heteroatoms. The molecule has 18 heavy (non-hydrogen) atoms. The third-order valence-corrected chi connectivity index (χ3v) is 1.83. The lowest BCUT2D eigenvalue weighted by molar-refractivity contribution is -0.164. The molecular weight excluding hydrogens is 276 g/mol. The van der Waals surface area contributed by atoms with Crippen LogP contribution in [-0.2, 0) is 12.4 Å². The summed E-state index contributed by atoms with van der Waals surface area (Å²) >= 11 is 0. The van der Waals surface area contributed by atoms with Crippen molar-refractivity contribution in [2.75, 3.05) is 0 Å². The fraction of sp³-hybridized carbons (Fsp3) is 0.333. The van der Waals surface area contributed by atoms with E-state index in [4.69, 9.17) is 0 Å². The van der Waals surface area contributed by atoms with Gasteiger partial charge in [0.25, 0.3) is 0 Å². The molecule has 0 amide bonds. The summed E-state index contributed by atoms with van der Waals surface area (Å²) < 4.78 is 102. The van der Waals surface area contributed by atoms with Crippen LogP contribution in [0.25, 0.3) is 0 Å². The van der Waals surface area contributed by atoms with Gasteiger partial charge in [-0.2, -0.15) is 35.1 Å². The molecule has 1 aromatic rings. The van der Waals surface area contributed by atoms with Crippen LogP contribution in [0.1, 0.15) is 11.1 Å². The molecule has 0 aromatic heterocycles. The van der Waals surface area contributed by atoms with Gasteiger partial charge in [-0.1, -0.05) is 6.07 Å². The molecular formula is C9H4F8O. The van der Waals surface area contributed by atoms with Crippen molar-refractivity contribution >= 4 is 0 Å². The van der Waals surface area contributed by atoms with Gasteiger partial charge in [0.05, 0.1) is 5.56 Å². The fourth-order valence-corrected chi connectivity index (χ4v) is 1.25. The molecule has 0 aliphatic heterocycles. The highest BCUT2D eigenvalue weighted by atomic mass is 19.4. The first-order valence-corrected chi connectivity index (χ1v) is 4.25. The Kier molecular flexibility index (Phi) is 3.72. The first-order valence-electron chi connectivity index (χ1n) is 4.25. The Hall–Kier alpha value is -1.54. The van der Waals surface area contributed by atoms with Crippen molar-refractivity contribution in [3.8, 4) is 5.75 Å². The summed E-state index contributed by atoms with van der Waals surface area (Å²) in [5, 5.41) is 0. The molecule has 0 spiro atoms. The molecule has 0 heterocycles. The van der Waals surface area contributed by atoms with E-state index in [1.165, 1.54) is 0 Å².